The first kappa shape index (κ1) is 20.0. The van der Waals surface area contributed by atoms with E-state index < -0.39 is 0 Å². The summed E-state index contributed by atoms with van der Waals surface area (Å²) in [5.41, 5.74) is 4.19. The summed E-state index contributed by atoms with van der Waals surface area (Å²) in [4.78, 5) is 17.1. The van der Waals surface area contributed by atoms with Crippen LogP contribution >= 0.6 is 0 Å². The Hall–Kier alpha value is -4.31. The molecule has 0 radical (unpaired) electrons. The molecule has 0 atom stereocenters. The van der Waals surface area contributed by atoms with Gasteiger partial charge in [-0.2, -0.15) is 5.10 Å². The molecule has 0 aliphatic carbocycles. The summed E-state index contributed by atoms with van der Waals surface area (Å²) in [6.07, 6.45) is 3.36. The lowest BCUT2D eigenvalue weighted by Gasteiger charge is -2.10. The lowest BCUT2D eigenvalue weighted by Crippen LogP contribution is -2.12. The number of hydrogen-bond acceptors (Lipinski definition) is 5. The smallest absolute Gasteiger partial charge is 0.255 e. The molecule has 2 aromatic carbocycles. The van der Waals surface area contributed by atoms with Gasteiger partial charge >= 0.3 is 0 Å². The van der Waals surface area contributed by atoms with E-state index in [4.69, 9.17) is 9.47 Å². The first-order valence-corrected chi connectivity index (χ1v) is 9.53. The monoisotopic (exact) mass is 412 g/mol. The van der Waals surface area contributed by atoms with E-state index in [1.165, 1.54) is 0 Å². The number of aryl methyl sites for hydroxylation is 1. The number of aromatic nitrogens is 3. The van der Waals surface area contributed by atoms with Crippen LogP contribution in [0.1, 0.15) is 27.2 Å². The molecule has 7 nitrogen and oxygen atoms in total. The Labute approximate surface area is 179 Å². The van der Waals surface area contributed by atoms with Crippen LogP contribution in [0.5, 0.6) is 11.5 Å². The number of methoxy groups -OCH3 is 2. The third kappa shape index (κ3) is 4.33. The van der Waals surface area contributed by atoms with Gasteiger partial charge in [0.1, 0.15) is 17.2 Å². The molecule has 31 heavy (non-hydrogen) atoms. The summed E-state index contributed by atoms with van der Waals surface area (Å²) >= 11 is 0. The number of carbonyl (C=O) groups is 1. The van der Waals surface area contributed by atoms with Crippen molar-refractivity contribution in [2.45, 2.75) is 6.92 Å². The Kier molecular flexibility index (Phi) is 5.54. The van der Waals surface area contributed by atoms with Crippen LogP contribution in [-0.4, -0.2) is 34.7 Å². The second-order valence-corrected chi connectivity index (χ2v) is 6.77. The van der Waals surface area contributed by atoms with Crippen molar-refractivity contribution in [3.63, 3.8) is 0 Å². The number of benzene rings is 2. The summed E-state index contributed by atoms with van der Waals surface area (Å²) in [6.45, 7) is 1.95. The minimum absolute atomic E-state index is 0.255. The average molecular weight is 412 g/mol. The zero-order chi connectivity index (χ0) is 21.8. The minimum atomic E-state index is -0.255. The molecule has 2 heterocycles. The largest absolute Gasteiger partial charge is 0.497 e. The van der Waals surface area contributed by atoms with Crippen LogP contribution in [0.25, 0.3) is 5.65 Å². The van der Waals surface area contributed by atoms with Crippen molar-refractivity contribution in [1.29, 1.82) is 0 Å². The van der Waals surface area contributed by atoms with Crippen LogP contribution < -0.4 is 14.8 Å². The molecule has 0 aliphatic heterocycles. The number of hydrogen-bond donors (Lipinski definition) is 1. The second-order valence-electron chi connectivity index (χ2n) is 6.77. The topological polar surface area (TPSA) is 77.8 Å². The summed E-state index contributed by atoms with van der Waals surface area (Å²) in [7, 11) is 3.12. The number of nitrogens with one attached hydrogen (secondary N) is 1. The highest BCUT2D eigenvalue weighted by Crippen LogP contribution is 2.26. The standard InChI is InChI=1S/C24H20N4O3/c1-16-6-7-18(24(29)27-19-12-21(30-2)14-22(13-19)31-3)11-17(16)8-9-20-15-25-23-5-4-10-26-28(20)23/h4-7,10-15H,1-3H3,(H,27,29). The van der Waals surface area contributed by atoms with Crippen LogP contribution in [0.4, 0.5) is 5.69 Å². The van der Waals surface area contributed by atoms with Gasteiger partial charge in [-0.15, -0.1) is 0 Å². The molecule has 1 amide bonds. The fourth-order valence-corrected chi connectivity index (χ4v) is 3.03. The van der Waals surface area contributed by atoms with Gasteiger partial charge in [0.05, 0.1) is 20.4 Å². The van der Waals surface area contributed by atoms with Crippen LogP contribution in [-0.2, 0) is 0 Å². The van der Waals surface area contributed by atoms with Crippen molar-refractivity contribution < 1.29 is 14.3 Å². The molecule has 154 valence electrons. The number of nitrogens with zero attached hydrogens (tertiary/aromatic N) is 3. The van der Waals surface area contributed by atoms with E-state index >= 15 is 0 Å². The van der Waals surface area contributed by atoms with E-state index in [1.807, 2.05) is 25.1 Å². The van der Waals surface area contributed by atoms with Crippen LogP contribution in [0.3, 0.4) is 0 Å². The van der Waals surface area contributed by atoms with Crippen LogP contribution in [0.2, 0.25) is 0 Å². The Balaban J connectivity index is 1.60. The van der Waals surface area contributed by atoms with E-state index in [1.54, 1.807) is 61.5 Å². The lowest BCUT2D eigenvalue weighted by atomic mass is 10.0. The van der Waals surface area contributed by atoms with Gasteiger partial charge < -0.3 is 14.8 Å². The lowest BCUT2D eigenvalue weighted by molar-refractivity contribution is 0.102. The van der Waals surface area contributed by atoms with Gasteiger partial charge in [-0.25, -0.2) is 9.50 Å². The molecule has 2 aromatic heterocycles. The molecule has 0 aliphatic rings. The molecule has 7 heteroatoms. The van der Waals surface area contributed by atoms with Gasteiger partial charge in [-0.3, -0.25) is 4.79 Å². The van der Waals surface area contributed by atoms with E-state index in [0.717, 1.165) is 16.8 Å². The van der Waals surface area contributed by atoms with E-state index in [2.05, 4.69) is 27.2 Å². The van der Waals surface area contributed by atoms with Gasteiger partial charge in [0.2, 0.25) is 0 Å². The Morgan fingerprint density at radius 1 is 1.03 bits per heavy atom. The summed E-state index contributed by atoms with van der Waals surface area (Å²) in [5.74, 6) is 7.15. The fraction of sp³-hybridized carbons (Fsp3) is 0.125. The molecule has 4 aromatic rings. The van der Waals surface area contributed by atoms with Crippen molar-refractivity contribution in [1.82, 2.24) is 14.6 Å². The molecule has 0 bridgehead atoms. The Morgan fingerprint density at radius 2 is 1.81 bits per heavy atom. The van der Waals surface area contributed by atoms with Crippen molar-refractivity contribution in [3.8, 4) is 23.3 Å². The fourth-order valence-electron chi connectivity index (χ4n) is 3.03. The van der Waals surface area contributed by atoms with Crippen molar-refractivity contribution in [2.24, 2.45) is 0 Å². The zero-order valence-electron chi connectivity index (χ0n) is 17.3. The van der Waals surface area contributed by atoms with Crippen molar-refractivity contribution >= 4 is 17.2 Å². The van der Waals surface area contributed by atoms with Gasteiger partial charge in [0.25, 0.3) is 5.91 Å². The number of rotatable bonds is 4. The number of carbonyl (C=O) groups excluding carboxylic acids is 1. The third-order valence-corrected chi connectivity index (χ3v) is 4.71. The predicted molar refractivity (Wildman–Crippen MR) is 118 cm³/mol. The maximum absolute atomic E-state index is 12.8. The van der Waals surface area contributed by atoms with E-state index in [0.29, 0.717) is 28.4 Å². The van der Waals surface area contributed by atoms with Gasteiger partial charge in [0.15, 0.2) is 5.65 Å². The van der Waals surface area contributed by atoms with Crippen molar-refractivity contribution in [2.75, 3.05) is 19.5 Å². The highest BCUT2D eigenvalue weighted by atomic mass is 16.5. The minimum Gasteiger partial charge on any atom is -0.497 e. The van der Waals surface area contributed by atoms with Crippen LogP contribution in [0, 0.1) is 18.8 Å². The molecule has 0 spiro atoms. The zero-order valence-corrected chi connectivity index (χ0v) is 17.3. The van der Waals surface area contributed by atoms with Gasteiger partial charge in [0, 0.05) is 41.2 Å². The average Bonchev–Trinajstić information content (AvgIpc) is 3.21. The molecular formula is C24H20N4O3. The Bertz CT molecular complexity index is 1310. The Morgan fingerprint density at radius 3 is 2.55 bits per heavy atom. The normalized spacial score (nSPS) is 10.3. The van der Waals surface area contributed by atoms with E-state index in [-0.39, 0.29) is 5.91 Å². The van der Waals surface area contributed by atoms with Crippen molar-refractivity contribution in [3.05, 3.63) is 83.3 Å². The quantitative estimate of drug-likeness (QED) is 0.517. The SMILES string of the molecule is COc1cc(NC(=O)c2ccc(C)c(C#Cc3cnc4cccnn34)c2)cc(OC)c1. The summed E-state index contributed by atoms with van der Waals surface area (Å²) in [5, 5.41) is 7.14. The number of anilines is 1. The highest BCUT2D eigenvalue weighted by Gasteiger charge is 2.10. The molecule has 0 fully saturated rings. The molecular weight excluding hydrogens is 392 g/mol. The van der Waals surface area contributed by atoms with Crippen LogP contribution in [0.15, 0.2) is 60.9 Å². The molecule has 0 saturated heterocycles. The van der Waals surface area contributed by atoms with Gasteiger partial charge in [-0.1, -0.05) is 12.0 Å². The highest BCUT2D eigenvalue weighted by molar-refractivity contribution is 6.04. The predicted octanol–water partition coefficient (Wildman–Crippen LogP) is 3.71. The molecule has 0 unspecified atom stereocenters. The van der Waals surface area contributed by atoms with E-state index in [9.17, 15) is 4.79 Å². The number of imidazole rings is 1. The number of fused-ring (bicyclic) bond motifs is 1. The summed E-state index contributed by atoms with van der Waals surface area (Å²) < 4.78 is 12.2. The third-order valence-electron chi connectivity index (χ3n) is 4.71. The molecule has 4 rings (SSSR count). The second kappa shape index (κ2) is 8.59. The molecule has 0 saturated carbocycles. The number of amides is 1. The maximum Gasteiger partial charge on any atom is 0.255 e. The number of ether oxygens (including phenoxy) is 2. The first-order chi connectivity index (χ1) is 15.1. The van der Waals surface area contributed by atoms with Gasteiger partial charge in [-0.05, 0) is 42.7 Å². The molecule has 1 N–H and O–H groups in total. The first-order valence-electron chi connectivity index (χ1n) is 9.53. The summed E-state index contributed by atoms with van der Waals surface area (Å²) in [6, 6.07) is 14.3. The maximum atomic E-state index is 12.8.